The third-order valence-electron chi connectivity index (χ3n) is 0.599. The topological polar surface area (TPSA) is 13.1 Å². The molecule has 1 aromatic rings. The molecular formula is C5H5O. The minimum atomic E-state index is 1.05. The number of aryl methyl sites for hydroxylation is 1. The molecule has 1 rings (SSSR count). The Hall–Kier alpha value is -0.720. The van der Waals surface area contributed by atoms with E-state index < -0.39 is 0 Å². The molecule has 0 saturated heterocycles. The fourth-order valence-corrected chi connectivity index (χ4v) is 0.297. The van der Waals surface area contributed by atoms with Crippen LogP contribution in [0.25, 0.3) is 0 Å². The van der Waals surface area contributed by atoms with Gasteiger partial charge in [-0.2, -0.15) is 0 Å². The van der Waals surface area contributed by atoms with Gasteiger partial charge in [-0.3, -0.25) is 0 Å². The van der Waals surface area contributed by atoms with Gasteiger partial charge in [-0.05, 0) is 12.5 Å². The summed E-state index contributed by atoms with van der Waals surface area (Å²) in [5, 5.41) is 0. The summed E-state index contributed by atoms with van der Waals surface area (Å²) in [6.07, 6.45) is 3.19. The van der Waals surface area contributed by atoms with Gasteiger partial charge < -0.3 is 4.42 Å². The van der Waals surface area contributed by atoms with Crippen molar-refractivity contribution in [1.82, 2.24) is 0 Å². The molecule has 0 aromatic carbocycles. The van der Waals surface area contributed by atoms with Gasteiger partial charge in [0, 0.05) is 6.07 Å². The molecule has 0 spiro atoms. The van der Waals surface area contributed by atoms with E-state index in [1.807, 2.05) is 6.92 Å². The number of hydrogen-bond donors (Lipinski definition) is 0. The van der Waals surface area contributed by atoms with Crippen molar-refractivity contribution in [3.8, 4) is 0 Å². The lowest BCUT2D eigenvalue weighted by Gasteiger charge is -1.62. The summed E-state index contributed by atoms with van der Waals surface area (Å²) in [6.45, 7) is 1.93. The number of hydrogen-bond acceptors (Lipinski definition) is 1. The van der Waals surface area contributed by atoms with Gasteiger partial charge in [0.25, 0.3) is 0 Å². The van der Waals surface area contributed by atoms with E-state index in [0.717, 1.165) is 5.56 Å². The Bertz CT molecular complexity index is 107. The van der Waals surface area contributed by atoms with Crippen LogP contribution in [0, 0.1) is 13.0 Å². The van der Waals surface area contributed by atoms with Gasteiger partial charge in [-0.25, -0.2) is 0 Å². The summed E-state index contributed by atoms with van der Waals surface area (Å²) in [5.74, 6) is 0. The summed E-state index contributed by atoms with van der Waals surface area (Å²) in [6, 6.07) is 2.83. The molecule has 1 heterocycles. The highest BCUT2D eigenvalue weighted by molar-refractivity contribution is 4.98. The van der Waals surface area contributed by atoms with Gasteiger partial charge in [0.05, 0.1) is 12.5 Å². The average Bonchev–Trinajstić information content (AvgIpc) is 1.86. The second-order valence-corrected chi connectivity index (χ2v) is 1.20. The van der Waals surface area contributed by atoms with E-state index in [2.05, 4.69) is 10.5 Å². The van der Waals surface area contributed by atoms with E-state index in [9.17, 15) is 0 Å². The smallest absolute Gasteiger partial charge is 0.0985 e. The zero-order chi connectivity index (χ0) is 4.41. The van der Waals surface area contributed by atoms with E-state index in [4.69, 9.17) is 0 Å². The largest absolute Gasteiger partial charge is 0.472 e. The predicted octanol–water partition coefficient (Wildman–Crippen LogP) is 1.39. The standard InChI is InChI=1S/C5H5O/c1-5-2-3-6-4-5/h3-4H,1H3. The SMILES string of the molecule is Cc1[c]coc1. The van der Waals surface area contributed by atoms with Crippen LogP contribution in [0.15, 0.2) is 16.9 Å². The highest BCUT2D eigenvalue weighted by Gasteiger charge is 1.77. The minimum Gasteiger partial charge on any atom is -0.472 e. The first-order valence-electron chi connectivity index (χ1n) is 1.80. The van der Waals surface area contributed by atoms with Crippen LogP contribution >= 0.6 is 0 Å². The highest BCUT2D eigenvalue weighted by atomic mass is 16.3. The lowest BCUT2D eigenvalue weighted by atomic mass is 10.4. The molecule has 0 amide bonds. The van der Waals surface area contributed by atoms with E-state index in [1.54, 1.807) is 6.26 Å². The lowest BCUT2D eigenvalue weighted by Crippen LogP contribution is -1.49. The molecule has 6 heavy (non-hydrogen) atoms. The average molecular weight is 81.1 g/mol. The molecule has 0 aliphatic heterocycles. The van der Waals surface area contributed by atoms with Crippen molar-refractivity contribution in [1.29, 1.82) is 0 Å². The molecule has 0 atom stereocenters. The molecule has 0 saturated carbocycles. The summed E-state index contributed by atoms with van der Waals surface area (Å²) in [7, 11) is 0. The first kappa shape index (κ1) is 3.47. The monoisotopic (exact) mass is 81.0 g/mol. The van der Waals surface area contributed by atoms with Crippen molar-refractivity contribution in [2.75, 3.05) is 0 Å². The highest BCUT2D eigenvalue weighted by Crippen LogP contribution is 1.92. The fraction of sp³-hybridized carbons (Fsp3) is 0.200. The molecule has 0 bridgehead atoms. The van der Waals surface area contributed by atoms with Gasteiger partial charge in [-0.1, -0.05) is 0 Å². The van der Waals surface area contributed by atoms with E-state index in [-0.39, 0.29) is 0 Å². The Balaban J connectivity index is 3.05. The van der Waals surface area contributed by atoms with E-state index in [1.165, 1.54) is 6.26 Å². The Morgan fingerprint density at radius 2 is 2.67 bits per heavy atom. The molecule has 1 nitrogen and oxygen atoms in total. The normalized spacial score (nSPS) is 8.83. The van der Waals surface area contributed by atoms with Crippen molar-refractivity contribution in [3.63, 3.8) is 0 Å². The van der Waals surface area contributed by atoms with Gasteiger partial charge in [0.15, 0.2) is 0 Å². The van der Waals surface area contributed by atoms with Gasteiger partial charge in [-0.15, -0.1) is 0 Å². The van der Waals surface area contributed by atoms with Gasteiger partial charge in [0.2, 0.25) is 0 Å². The second kappa shape index (κ2) is 1.17. The Kier molecular flexibility index (Phi) is 0.675. The van der Waals surface area contributed by atoms with E-state index >= 15 is 0 Å². The Morgan fingerprint density at radius 1 is 1.83 bits per heavy atom. The number of rotatable bonds is 0. The van der Waals surface area contributed by atoms with Crippen molar-refractivity contribution < 1.29 is 4.42 Å². The van der Waals surface area contributed by atoms with Crippen molar-refractivity contribution in [3.05, 3.63) is 24.2 Å². The lowest BCUT2D eigenvalue weighted by molar-refractivity contribution is 0.565. The van der Waals surface area contributed by atoms with Crippen molar-refractivity contribution in [2.24, 2.45) is 0 Å². The van der Waals surface area contributed by atoms with Gasteiger partial charge >= 0.3 is 0 Å². The van der Waals surface area contributed by atoms with Crippen molar-refractivity contribution in [2.45, 2.75) is 6.92 Å². The van der Waals surface area contributed by atoms with E-state index in [0.29, 0.717) is 0 Å². The third kappa shape index (κ3) is 0.432. The van der Waals surface area contributed by atoms with Crippen LogP contribution in [-0.2, 0) is 0 Å². The molecule has 0 aliphatic rings. The molecule has 31 valence electrons. The molecular weight excluding hydrogens is 76.1 g/mol. The van der Waals surface area contributed by atoms with Crippen LogP contribution < -0.4 is 0 Å². The van der Waals surface area contributed by atoms with Crippen LogP contribution in [0.2, 0.25) is 0 Å². The van der Waals surface area contributed by atoms with Crippen LogP contribution in [-0.4, -0.2) is 0 Å². The quantitative estimate of drug-likeness (QED) is 0.460. The summed E-state index contributed by atoms with van der Waals surface area (Å²) in [5.41, 5.74) is 1.05. The number of furan rings is 1. The maximum absolute atomic E-state index is 4.66. The minimum absolute atomic E-state index is 1.05. The molecule has 0 fully saturated rings. The van der Waals surface area contributed by atoms with Crippen LogP contribution in [0.3, 0.4) is 0 Å². The zero-order valence-corrected chi connectivity index (χ0v) is 3.56. The predicted molar refractivity (Wildman–Crippen MR) is 22.3 cm³/mol. The first-order valence-corrected chi connectivity index (χ1v) is 1.80. The maximum Gasteiger partial charge on any atom is 0.0985 e. The Morgan fingerprint density at radius 3 is 2.83 bits per heavy atom. The second-order valence-electron chi connectivity index (χ2n) is 1.20. The summed E-state index contributed by atoms with van der Waals surface area (Å²) in [4.78, 5) is 0. The summed E-state index contributed by atoms with van der Waals surface area (Å²) < 4.78 is 4.66. The Labute approximate surface area is 36.6 Å². The first-order chi connectivity index (χ1) is 2.89. The summed E-state index contributed by atoms with van der Waals surface area (Å²) >= 11 is 0. The molecule has 0 N–H and O–H groups in total. The molecule has 1 aromatic heterocycles. The van der Waals surface area contributed by atoms with Crippen molar-refractivity contribution >= 4 is 0 Å². The molecule has 1 heteroatoms. The zero-order valence-electron chi connectivity index (χ0n) is 3.56. The molecule has 1 radical (unpaired) electrons. The fourth-order valence-electron chi connectivity index (χ4n) is 0.297. The maximum atomic E-state index is 4.66. The third-order valence-corrected chi connectivity index (χ3v) is 0.599. The van der Waals surface area contributed by atoms with Crippen LogP contribution in [0.5, 0.6) is 0 Å². The van der Waals surface area contributed by atoms with Crippen LogP contribution in [0.1, 0.15) is 5.56 Å². The molecule has 0 aliphatic carbocycles. The molecule has 0 unspecified atom stereocenters. The van der Waals surface area contributed by atoms with Gasteiger partial charge in [0.1, 0.15) is 0 Å². The van der Waals surface area contributed by atoms with Crippen LogP contribution in [0.4, 0.5) is 0 Å².